The van der Waals surface area contributed by atoms with Crippen LogP contribution in [0.1, 0.15) is 26.7 Å². The Kier molecular flexibility index (Phi) is 5.71. The minimum atomic E-state index is -0.745. The first-order valence-corrected chi connectivity index (χ1v) is 7.57. The molecule has 1 saturated heterocycles. The number of halogens is 2. The number of ether oxygens (including phenoxy) is 1. The van der Waals surface area contributed by atoms with Crippen molar-refractivity contribution in [3.63, 3.8) is 0 Å². The normalized spacial score (nSPS) is 22.9. The Bertz CT molecular complexity index is 525. The molecule has 2 rings (SSSR count). The van der Waals surface area contributed by atoms with E-state index in [0.29, 0.717) is 6.04 Å². The van der Waals surface area contributed by atoms with Gasteiger partial charge in [-0.1, -0.05) is 0 Å². The summed E-state index contributed by atoms with van der Waals surface area (Å²) >= 11 is 0. The summed E-state index contributed by atoms with van der Waals surface area (Å²) in [6.45, 7) is 4.83. The molecule has 4 nitrogen and oxygen atoms in total. The molecule has 1 aromatic rings. The van der Waals surface area contributed by atoms with Gasteiger partial charge in [-0.25, -0.2) is 8.78 Å². The third-order valence-electron chi connectivity index (χ3n) is 3.77. The van der Waals surface area contributed by atoms with Crippen LogP contribution in [-0.4, -0.2) is 31.1 Å². The number of benzene rings is 1. The topological polar surface area (TPSA) is 50.4 Å². The third-order valence-corrected chi connectivity index (χ3v) is 3.77. The lowest BCUT2D eigenvalue weighted by Crippen LogP contribution is -2.45. The zero-order valence-corrected chi connectivity index (χ0v) is 12.9. The Morgan fingerprint density at radius 2 is 2.27 bits per heavy atom. The molecule has 1 aliphatic rings. The van der Waals surface area contributed by atoms with Crippen molar-refractivity contribution in [1.29, 1.82) is 0 Å². The van der Waals surface area contributed by atoms with E-state index in [2.05, 4.69) is 17.6 Å². The van der Waals surface area contributed by atoms with Crippen molar-refractivity contribution in [2.24, 2.45) is 5.92 Å². The first-order valence-electron chi connectivity index (χ1n) is 7.57. The van der Waals surface area contributed by atoms with E-state index < -0.39 is 11.6 Å². The second kappa shape index (κ2) is 7.54. The van der Waals surface area contributed by atoms with Crippen LogP contribution < -0.4 is 15.4 Å². The number of carbonyl (C=O) groups is 1. The smallest absolute Gasteiger partial charge is 0.223 e. The van der Waals surface area contributed by atoms with Gasteiger partial charge >= 0.3 is 0 Å². The number of amides is 1. The number of carbonyl (C=O) groups excluding carboxylic acids is 1. The minimum absolute atomic E-state index is 0.00116. The van der Waals surface area contributed by atoms with E-state index in [1.54, 1.807) is 6.92 Å². The van der Waals surface area contributed by atoms with Gasteiger partial charge < -0.3 is 15.4 Å². The summed E-state index contributed by atoms with van der Waals surface area (Å²) in [5.74, 6) is -1.40. The summed E-state index contributed by atoms with van der Waals surface area (Å²) in [5.41, 5.74) is 0. The van der Waals surface area contributed by atoms with Crippen LogP contribution in [0.5, 0.6) is 5.75 Å². The minimum Gasteiger partial charge on any atom is -0.488 e. The Labute approximate surface area is 129 Å². The molecule has 2 N–H and O–H groups in total. The highest BCUT2D eigenvalue weighted by Crippen LogP contribution is 2.18. The molecule has 1 aliphatic heterocycles. The van der Waals surface area contributed by atoms with Gasteiger partial charge in [-0.3, -0.25) is 4.79 Å². The lowest BCUT2D eigenvalue weighted by Gasteiger charge is -2.28. The number of nitrogens with one attached hydrogen (secondary N) is 2. The average molecular weight is 312 g/mol. The zero-order chi connectivity index (χ0) is 16.1. The molecule has 0 saturated carbocycles. The van der Waals surface area contributed by atoms with E-state index in [-0.39, 0.29) is 30.2 Å². The van der Waals surface area contributed by atoms with E-state index in [0.717, 1.165) is 31.5 Å². The monoisotopic (exact) mass is 312 g/mol. The predicted molar refractivity (Wildman–Crippen MR) is 79.6 cm³/mol. The first-order chi connectivity index (χ1) is 10.5. The fraction of sp³-hybridized carbons (Fsp3) is 0.562. The quantitative estimate of drug-likeness (QED) is 0.877. The molecule has 122 valence electrons. The summed E-state index contributed by atoms with van der Waals surface area (Å²) < 4.78 is 31.5. The van der Waals surface area contributed by atoms with Crippen molar-refractivity contribution in [2.75, 3.05) is 13.2 Å². The van der Waals surface area contributed by atoms with E-state index in [1.165, 1.54) is 6.07 Å². The van der Waals surface area contributed by atoms with E-state index >= 15 is 0 Å². The Hall–Kier alpha value is -1.69. The van der Waals surface area contributed by atoms with E-state index in [1.807, 2.05) is 0 Å². The van der Waals surface area contributed by atoms with Gasteiger partial charge in [0.25, 0.3) is 0 Å². The van der Waals surface area contributed by atoms with E-state index in [9.17, 15) is 13.6 Å². The van der Waals surface area contributed by atoms with Crippen molar-refractivity contribution in [1.82, 2.24) is 10.6 Å². The van der Waals surface area contributed by atoms with Crippen LogP contribution in [0.15, 0.2) is 18.2 Å². The van der Waals surface area contributed by atoms with Crippen molar-refractivity contribution in [2.45, 2.75) is 38.8 Å². The molecule has 0 bridgehead atoms. The van der Waals surface area contributed by atoms with Gasteiger partial charge in [0.2, 0.25) is 5.91 Å². The van der Waals surface area contributed by atoms with Crippen molar-refractivity contribution >= 4 is 5.91 Å². The molecule has 1 heterocycles. The van der Waals surface area contributed by atoms with Crippen molar-refractivity contribution in [3.8, 4) is 5.75 Å². The highest BCUT2D eigenvalue weighted by atomic mass is 19.1. The lowest BCUT2D eigenvalue weighted by atomic mass is 9.92. The highest BCUT2D eigenvalue weighted by Gasteiger charge is 2.25. The molecule has 1 fully saturated rings. The maximum atomic E-state index is 13.4. The lowest BCUT2D eigenvalue weighted by molar-refractivity contribution is -0.126. The van der Waals surface area contributed by atoms with Crippen LogP contribution in [0.25, 0.3) is 0 Å². The summed E-state index contributed by atoms with van der Waals surface area (Å²) in [7, 11) is 0. The summed E-state index contributed by atoms with van der Waals surface area (Å²) in [4.78, 5) is 12.2. The molecule has 0 radical (unpaired) electrons. The number of hydrogen-bond donors (Lipinski definition) is 2. The highest BCUT2D eigenvalue weighted by molar-refractivity contribution is 5.79. The predicted octanol–water partition coefficient (Wildman–Crippen LogP) is 2.24. The second-order valence-corrected chi connectivity index (χ2v) is 5.87. The van der Waals surface area contributed by atoms with Crippen LogP contribution >= 0.6 is 0 Å². The van der Waals surface area contributed by atoms with Gasteiger partial charge in [-0.15, -0.1) is 0 Å². The largest absolute Gasteiger partial charge is 0.488 e. The Balaban J connectivity index is 1.79. The van der Waals surface area contributed by atoms with Crippen LogP contribution in [0.2, 0.25) is 0 Å². The molecule has 3 atom stereocenters. The second-order valence-electron chi connectivity index (χ2n) is 5.87. The maximum absolute atomic E-state index is 13.4. The van der Waals surface area contributed by atoms with Gasteiger partial charge in [-0.2, -0.15) is 0 Å². The molecule has 22 heavy (non-hydrogen) atoms. The zero-order valence-electron chi connectivity index (χ0n) is 12.9. The molecule has 0 aliphatic carbocycles. The number of hydrogen-bond acceptors (Lipinski definition) is 3. The molecule has 1 unspecified atom stereocenters. The molecule has 0 spiro atoms. The maximum Gasteiger partial charge on any atom is 0.223 e. The van der Waals surface area contributed by atoms with Crippen molar-refractivity contribution in [3.05, 3.63) is 29.8 Å². The average Bonchev–Trinajstić information content (AvgIpc) is 2.46. The van der Waals surface area contributed by atoms with Crippen molar-refractivity contribution < 1.29 is 18.3 Å². The Morgan fingerprint density at radius 1 is 1.50 bits per heavy atom. The summed E-state index contributed by atoms with van der Waals surface area (Å²) in [6.07, 6.45) is 1.63. The summed E-state index contributed by atoms with van der Waals surface area (Å²) in [5, 5.41) is 6.18. The van der Waals surface area contributed by atoms with Gasteiger partial charge in [0.05, 0.1) is 6.04 Å². The number of rotatable bonds is 5. The standard InChI is InChI=1S/C16H22F2N2O2/c1-10-7-12(5-6-19-10)16(21)20-11(2)9-22-15-4-3-13(17)8-14(15)18/h3-4,8,10-12,19H,5-7,9H2,1-2H3,(H,20,21)/t10-,11?,12-/m0/s1. The van der Waals surface area contributed by atoms with Gasteiger partial charge in [-0.05, 0) is 45.4 Å². The Morgan fingerprint density at radius 3 is 2.95 bits per heavy atom. The van der Waals surface area contributed by atoms with Crippen LogP contribution in [0, 0.1) is 17.6 Å². The van der Waals surface area contributed by atoms with Gasteiger partial charge in [0.1, 0.15) is 12.4 Å². The first kappa shape index (κ1) is 16.7. The molecular formula is C16H22F2N2O2. The molecular weight excluding hydrogens is 290 g/mol. The van der Waals surface area contributed by atoms with Gasteiger partial charge in [0, 0.05) is 18.0 Å². The third kappa shape index (κ3) is 4.66. The van der Waals surface area contributed by atoms with Crippen LogP contribution in [-0.2, 0) is 4.79 Å². The fourth-order valence-corrected chi connectivity index (χ4v) is 2.58. The van der Waals surface area contributed by atoms with E-state index in [4.69, 9.17) is 4.74 Å². The van der Waals surface area contributed by atoms with Gasteiger partial charge in [0.15, 0.2) is 11.6 Å². The molecule has 1 amide bonds. The molecule has 6 heteroatoms. The SMILES string of the molecule is CC(COc1ccc(F)cc1F)NC(=O)[C@H]1CCN[C@@H](C)C1. The summed E-state index contributed by atoms with van der Waals surface area (Å²) in [6, 6.07) is 3.24. The van der Waals surface area contributed by atoms with Crippen LogP contribution in [0.4, 0.5) is 8.78 Å². The number of piperidine rings is 1. The van der Waals surface area contributed by atoms with Crippen LogP contribution in [0.3, 0.4) is 0 Å². The molecule has 1 aromatic carbocycles. The molecule has 0 aromatic heterocycles. The fourth-order valence-electron chi connectivity index (χ4n) is 2.58.